The van der Waals surface area contributed by atoms with Crippen LogP contribution in [0.2, 0.25) is 0 Å². The van der Waals surface area contributed by atoms with Gasteiger partial charge in [0.15, 0.2) is 0 Å². The minimum Gasteiger partial charge on any atom is -0.340 e. The fraction of sp³-hybridized carbons (Fsp3) is 0.500. The van der Waals surface area contributed by atoms with Crippen LogP contribution in [-0.4, -0.2) is 23.9 Å². The SMILES string of the molecule is CCC(C)[C@H](N)C(=O)N(C)Cc1ccc(F)cc1F. The molecule has 0 saturated carbocycles. The lowest BCUT2D eigenvalue weighted by Gasteiger charge is -2.24. The maximum atomic E-state index is 13.5. The zero-order chi connectivity index (χ0) is 14.6. The summed E-state index contributed by atoms with van der Waals surface area (Å²) in [6.45, 7) is 3.93. The quantitative estimate of drug-likeness (QED) is 0.892. The lowest BCUT2D eigenvalue weighted by atomic mass is 9.99. The molecule has 0 aliphatic rings. The maximum Gasteiger partial charge on any atom is 0.239 e. The molecule has 1 aromatic carbocycles. The van der Waals surface area contributed by atoms with Crippen LogP contribution in [0.15, 0.2) is 18.2 Å². The van der Waals surface area contributed by atoms with Gasteiger partial charge in [0.25, 0.3) is 0 Å². The standard InChI is InChI=1S/C14H20F2N2O/c1-4-9(2)13(17)14(19)18(3)8-10-5-6-11(15)7-12(10)16/h5-7,9,13H,4,8,17H2,1-3H3/t9?,13-/m0/s1. The van der Waals surface area contributed by atoms with Crippen molar-refractivity contribution in [3.05, 3.63) is 35.4 Å². The first-order valence-electron chi connectivity index (χ1n) is 6.31. The Morgan fingerprint density at radius 3 is 2.58 bits per heavy atom. The second-order valence-electron chi connectivity index (χ2n) is 4.84. The number of hydrogen-bond donors (Lipinski definition) is 1. The Morgan fingerprint density at radius 1 is 1.42 bits per heavy atom. The van der Waals surface area contributed by atoms with Crippen molar-refractivity contribution in [2.24, 2.45) is 11.7 Å². The molecular weight excluding hydrogens is 250 g/mol. The molecule has 0 aliphatic heterocycles. The summed E-state index contributed by atoms with van der Waals surface area (Å²) < 4.78 is 26.3. The maximum absolute atomic E-state index is 13.5. The Bertz CT molecular complexity index is 451. The fourth-order valence-electron chi connectivity index (χ4n) is 1.74. The van der Waals surface area contributed by atoms with Gasteiger partial charge in [0.2, 0.25) is 5.91 Å². The van der Waals surface area contributed by atoms with E-state index in [0.717, 1.165) is 12.5 Å². The van der Waals surface area contributed by atoms with E-state index in [4.69, 9.17) is 5.73 Å². The van der Waals surface area contributed by atoms with Crippen molar-refractivity contribution in [2.75, 3.05) is 7.05 Å². The van der Waals surface area contributed by atoms with Gasteiger partial charge in [-0.1, -0.05) is 26.3 Å². The summed E-state index contributed by atoms with van der Waals surface area (Å²) in [6, 6.07) is 2.72. The van der Waals surface area contributed by atoms with E-state index in [2.05, 4.69) is 0 Å². The van der Waals surface area contributed by atoms with Gasteiger partial charge in [-0.15, -0.1) is 0 Å². The van der Waals surface area contributed by atoms with Gasteiger partial charge in [0, 0.05) is 25.2 Å². The van der Waals surface area contributed by atoms with Crippen LogP contribution in [0.3, 0.4) is 0 Å². The molecule has 3 nitrogen and oxygen atoms in total. The average Bonchev–Trinajstić information content (AvgIpc) is 2.39. The first-order valence-corrected chi connectivity index (χ1v) is 6.31. The van der Waals surface area contributed by atoms with Crippen LogP contribution in [0, 0.1) is 17.6 Å². The summed E-state index contributed by atoms with van der Waals surface area (Å²) in [5.41, 5.74) is 6.11. The van der Waals surface area contributed by atoms with Crippen LogP contribution in [0.4, 0.5) is 8.78 Å². The first kappa shape index (κ1) is 15.6. The van der Waals surface area contributed by atoms with Crippen molar-refractivity contribution in [3.63, 3.8) is 0 Å². The third-order valence-electron chi connectivity index (χ3n) is 3.34. The highest BCUT2D eigenvalue weighted by atomic mass is 19.1. The van der Waals surface area contributed by atoms with Gasteiger partial charge < -0.3 is 10.6 Å². The Morgan fingerprint density at radius 2 is 2.05 bits per heavy atom. The molecule has 106 valence electrons. The van der Waals surface area contributed by atoms with Crippen LogP contribution in [0.5, 0.6) is 0 Å². The van der Waals surface area contributed by atoms with E-state index in [0.29, 0.717) is 0 Å². The average molecular weight is 270 g/mol. The molecule has 5 heteroatoms. The van der Waals surface area contributed by atoms with Gasteiger partial charge >= 0.3 is 0 Å². The second kappa shape index (κ2) is 6.61. The van der Waals surface area contributed by atoms with E-state index in [1.54, 1.807) is 7.05 Å². The third kappa shape index (κ3) is 3.99. The number of carbonyl (C=O) groups is 1. The molecule has 1 unspecified atom stereocenters. The van der Waals surface area contributed by atoms with Crippen molar-refractivity contribution in [1.82, 2.24) is 4.90 Å². The van der Waals surface area contributed by atoms with Gasteiger partial charge in [-0.05, 0) is 12.0 Å². The Balaban J connectivity index is 2.73. The molecule has 0 heterocycles. The van der Waals surface area contributed by atoms with Crippen molar-refractivity contribution in [2.45, 2.75) is 32.9 Å². The summed E-state index contributed by atoms with van der Waals surface area (Å²) in [4.78, 5) is 13.4. The number of nitrogens with zero attached hydrogens (tertiary/aromatic N) is 1. The van der Waals surface area contributed by atoms with Crippen molar-refractivity contribution >= 4 is 5.91 Å². The lowest BCUT2D eigenvalue weighted by molar-refractivity contribution is -0.133. The van der Waals surface area contributed by atoms with Crippen LogP contribution >= 0.6 is 0 Å². The summed E-state index contributed by atoms with van der Waals surface area (Å²) >= 11 is 0. The fourth-order valence-corrected chi connectivity index (χ4v) is 1.74. The van der Waals surface area contributed by atoms with E-state index in [1.807, 2.05) is 13.8 Å². The molecule has 1 aromatic rings. The highest BCUT2D eigenvalue weighted by molar-refractivity contribution is 5.81. The lowest BCUT2D eigenvalue weighted by Crippen LogP contribution is -2.45. The number of rotatable bonds is 5. The normalized spacial score (nSPS) is 14.0. The van der Waals surface area contributed by atoms with Crippen molar-refractivity contribution in [1.29, 1.82) is 0 Å². The van der Waals surface area contributed by atoms with E-state index in [-0.39, 0.29) is 23.9 Å². The van der Waals surface area contributed by atoms with Crippen molar-refractivity contribution in [3.8, 4) is 0 Å². The second-order valence-corrected chi connectivity index (χ2v) is 4.84. The van der Waals surface area contributed by atoms with Gasteiger partial charge in [-0.2, -0.15) is 0 Å². The Kier molecular flexibility index (Phi) is 5.42. The van der Waals surface area contributed by atoms with Crippen LogP contribution in [0.25, 0.3) is 0 Å². The molecule has 0 fully saturated rings. The van der Waals surface area contributed by atoms with Gasteiger partial charge in [-0.3, -0.25) is 4.79 Å². The Hall–Kier alpha value is -1.49. The minimum absolute atomic E-state index is 0.0630. The molecule has 1 rings (SSSR count). The zero-order valence-corrected chi connectivity index (χ0v) is 11.5. The Labute approximate surface area is 112 Å². The van der Waals surface area contributed by atoms with Gasteiger partial charge in [0.05, 0.1) is 6.04 Å². The first-order chi connectivity index (χ1) is 8.86. The molecule has 2 N–H and O–H groups in total. The number of hydrogen-bond acceptors (Lipinski definition) is 2. The van der Waals surface area contributed by atoms with Crippen molar-refractivity contribution < 1.29 is 13.6 Å². The third-order valence-corrected chi connectivity index (χ3v) is 3.34. The number of benzene rings is 1. The molecule has 2 atom stereocenters. The molecular formula is C14H20F2N2O. The number of carbonyl (C=O) groups excluding carboxylic acids is 1. The highest BCUT2D eigenvalue weighted by Gasteiger charge is 2.23. The summed E-state index contributed by atoms with van der Waals surface area (Å²) in [5, 5.41) is 0. The molecule has 0 aliphatic carbocycles. The van der Waals surface area contributed by atoms with Crippen LogP contribution in [0.1, 0.15) is 25.8 Å². The summed E-state index contributed by atoms with van der Waals surface area (Å²) in [6.07, 6.45) is 0.797. The monoisotopic (exact) mass is 270 g/mol. The molecule has 0 spiro atoms. The number of amides is 1. The molecule has 0 saturated heterocycles. The van der Waals surface area contributed by atoms with Gasteiger partial charge in [-0.25, -0.2) is 8.78 Å². The van der Waals surface area contributed by atoms with E-state index in [1.165, 1.54) is 17.0 Å². The van der Waals surface area contributed by atoms with Crippen LogP contribution in [-0.2, 0) is 11.3 Å². The topological polar surface area (TPSA) is 46.3 Å². The van der Waals surface area contributed by atoms with E-state index < -0.39 is 17.7 Å². The summed E-state index contributed by atoms with van der Waals surface area (Å²) in [5.74, 6) is -1.46. The number of nitrogens with two attached hydrogens (primary N) is 1. The largest absolute Gasteiger partial charge is 0.340 e. The smallest absolute Gasteiger partial charge is 0.239 e. The molecule has 0 bridgehead atoms. The minimum atomic E-state index is -0.656. The van der Waals surface area contributed by atoms with E-state index >= 15 is 0 Å². The van der Waals surface area contributed by atoms with Gasteiger partial charge in [0.1, 0.15) is 11.6 Å². The highest BCUT2D eigenvalue weighted by Crippen LogP contribution is 2.14. The number of likely N-dealkylation sites (N-methyl/N-ethyl adjacent to an activating group) is 1. The van der Waals surface area contributed by atoms with E-state index in [9.17, 15) is 13.6 Å². The predicted octanol–water partition coefficient (Wildman–Crippen LogP) is 2.30. The molecule has 19 heavy (non-hydrogen) atoms. The zero-order valence-electron chi connectivity index (χ0n) is 11.5. The summed E-state index contributed by atoms with van der Waals surface area (Å²) in [7, 11) is 1.56. The molecule has 0 aromatic heterocycles. The number of halogens is 2. The predicted molar refractivity (Wildman–Crippen MR) is 70.3 cm³/mol. The molecule has 0 radical (unpaired) electrons. The van der Waals surface area contributed by atoms with Crippen LogP contribution < -0.4 is 5.73 Å². The molecule has 1 amide bonds.